The van der Waals surface area contributed by atoms with Crippen LogP contribution in [-0.4, -0.2) is 23.2 Å². The van der Waals surface area contributed by atoms with Crippen LogP contribution in [0.4, 0.5) is 0 Å². The van der Waals surface area contributed by atoms with Crippen LogP contribution >= 0.6 is 27.9 Å². The summed E-state index contributed by atoms with van der Waals surface area (Å²) in [4.78, 5) is 4.12. The van der Waals surface area contributed by atoms with E-state index in [-0.39, 0.29) is 6.61 Å². The summed E-state index contributed by atoms with van der Waals surface area (Å²) < 4.78 is 3.93. The minimum absolute atomic E-state index is 0.142. The summed E-state index contributed by atoms with van der Waals surface area (Å²) >= 11 is 4.71. The van der Waals surface area contributed by atoms with Crippen molar-refractivity contribution in [2.24, 2.45) is 0 Å². The highest BCUT2D eigenvalue weighted by Crippen LogP contribution is 2.13. The monoisotopic (exact) mass is 248 g/mol. The Morgan fingerprint density at radius 1 is 1.58 bits per heavy atom. The number of nitrogens with one attached hydrogen (secondary N) is 1. The molecule has 2 N–H and O–H groups in total. The molecule has 0 bridgehead atoms. The van der Waals surface area contributed by atoms with Gasteiger partial charge < -0.3 is 5.11 Å². The van der Waals surface area contributed by atoms with Crippen molar-refractivity contribution in [2.45, 2.75) is 5.03 Å². The third kappa shape index (κ3) is 3.53. The van der Waals surface area contributed by atoms with Gasteiger partial charge in [-0.2, -0.15) is 0 Å². The summed E-state index contributed by atoms with van der Waals surface area (Å²) in [6.45, 7) is 0.714. The fraction of sp³-hybridized carbons (Fsp3) is 0.286. The topological polar surface area (TPSA) is 45.1 Å². The van der Waals surface area contributed by atoms with Gasteiger partial charge in [0.2, 0.25) is 0 Å². The highest BCUT2D eigenvalue weighted by Gasteiger charge is 1.93. The van der Waals surface area contributed by atoms with Crippen LogP contribution in [0.15, 0.2) is 27.8 Å². The van der Waals surface area contributed by atoms with Crippen LogP contribution < -0.4 is 4.72 Å². The molecule has 0 saturated carbocycles. The Labute approximate surface area is 83.9 Å². The minimum Gasteiger partial charge on any atom is -0.395 e. The Hall–Kier alpha value is -0.100. The van der Waals surface area contributed by atoms with E-state index in [9.17, 15) is 0 Å². The summed E-state index contributed by atoms with van der Waals surface area (Å²) in [6.07, 6.45) is 1.74. The molecule has 0 unspecified atom stereocenters. The third-order valence-electron chi connectivity index (χ3n) is 1.09. The van der Waals surface area contributed by atoms with Gasteiger partial charge in [0.05, 0.1) is 6.61 Å². The number of aromatic nitrogens is 1. The van der Waals surface area contributed by atoms with Gasteiger partial charge in [0.25, 0.3) is 0 Å². The second-order valence-electron chi connectivity index (χ2n) is 2.03. The first kappa shape index (κ1) is 9.98. The Bertz CT molecular complexity index is 229. The lowest BCUT2D eigenvalue weighted by Gasteiger charge is -2.00. The van der Waals surface area contributed by atoms with Crippen LogP contribution in [0.2, 0.25) is 0 Å². The van der Waals surface area contributed by atoms with Crippen molar-refractivity contribution in [3.63, 3.8) is 0 Å². The quantitative estimate of drug-likeness (QED) is 0.626. The number of hydrogen-bond donors (Lipinski definition) is 2. The predicted molar refractivity (Wildman–Crippen MR) is 52.9 cm³/mol. The number of aliphatic hydroxyl groups excluding tert-OH is 1. The van der Waals surface area contributed by atoms with Gasteiger partial charge >= 0.3 is 0 Å². The lowest BCUT2D eigenvalue weighted by atomic mass is 10.5. The molecule has 0 saturated heterocycles. The van der Waals surface area contributed by atoms with Crippen LogP contribution in [0.1, 0.15) is 0 Å². The number of nitrogens with zero attached hydrogens (tertiary/aromatic N) is 1. The average molecular weight is 249 g/mol. The fourth-order valence-corrected chi connectivity index (χ4v) is 1.41. The smallest absolute Gasteiger partial charge is 0.111 e. The molecule has 1 aromatic heterocycles. The SMILES string of the molecule is OCCNSc1ccc(Br)cn1. The number of pyridine rings is 1. The van der Waals surface area contributed by atoms with E-state index in [1.165, 1.54) is 11.9 Å². The molecule has 1 aromatic rings. The molecular formula is C7H9BrN2OS. The van der Waals surface area contributed by atoms with Crippen molar-refractivity contribution in [3.05, 3.63) is 22.8 Å². The molecular weight excluding hydrogens is 240 g/mol. The maximum atomic E-state index is 8.48. The molecule has 3 nitrogen and oxygen atoms in total. The van der Waals surface area contributed by atoms with Gasteiger partial charge in [-0.05, 0) is 40.0 Å². The van der Waals surface area contributed by atoms with Crippen LogP contribution in [0.5, 0.6) is 0 Å². The van der Waals surface area contributed by atoms with Gasteiger partial charge in [-0.15, -0.1) is 0 Å². The second-order valence-corrected chi connectivity index (χ2v) is 3.86. The molecule has 0 aliphatic rings. The fourth-order valence-electron chi connectivity index (χ4n) is 0.593. The van der Waals surface area contributed by atoms with Crippen molar-refractivity contribution in [1.82, 2.24) is 9.71 Å². The molecule has 12 heavy (non-hydrogen) atoms. The van der Waals surface area contributed by atoms with E-state index in [0.717, 1.165) is 9.50 Å². The van der Waals surface area contributed by atoms with Crippen molar-refractivity contribution in [3.8, 4) is 0 Å². The van der Waals surface area contributed by atoms with Gasteiger partial charge in [0.1, 0.15) is 5.03 Å². The van der Waals surface area contributed by atoms with E-state index in [1.54, 1.807) is 6.20 Å². The van der Waals surface area contributed by atoms with E-state index < -0.39 is 0 Å². The predicted octanol–water partition coefficient (Wildman–Crippen LogP) is 1.43. The number of rotatable bonds is 4. The third-order valence-corrected chi connectivity index (χ3v) is 2.36. The van der Waals surface area contributed by atoms with Crippen LogP contribution in [0.25, 0.3) is 0 Å². The van der Waals surface area contributed by atoms with E-state index >= 15 is 0 Å². The molecule has 0 spiro atoms. The zero-order valence-corrected chi connectivity index (χ0v) is 8.73. The molecule has 0 atom stereocenters. The lowest BCUT2D eigenvalue weighted by Crippen LogP contribution is -2.09. The zero-order valence-electron chi connectivity index (χ0n) is 6.33. The standard InChI is InChI=1S/C7H9BrN2OS/c8-6-1-2-7(9-5-6)12-10-3-4-11/h1-2,5,10-11H,3-4H2. The summed E-state index contributed by atoms with van der Waals surface area (Å²) in [5, 5.41) is 9.38. The van der Waals surface area contributed by atoms with E-state index in [4.69, 9.17) is 5.11 Å². The van der Waals surface area contributed by atoms with E-state index in [2.05, 4.69) is 25.6 Å². The first-order chi connectivity index (χ1) is 5.83. The van der Waals surface area contributed by atoms with Crippen molar-refractivity contribution in [2.75, 3.05) is 13.2 Å². The van der Waals surface area contributed by atoms with Crippen LogP contribution in [-0.2, 0) is 0 Å². The van der Waals surface area contributed by atoms with Crippen molar-refractivity contribution < 1.29 is 5.11 Å². The van der Waals surface area contributed by atoms with E-state index in [1.807, 2.05) is 12.1 Å². The van der Waals surface area contributed by atoms with Crippen molar-refractivity contribution >= 4 is 27.9 Å². The average Bonchev–Trinajstić information content (AvgIpc) is 2.09. The molecule has 0 amide bonds. The number of aliphatic hydroxyl groups is 1. The molecule has 66 valence electrons. The van der Waals surface area contributed by atoms with Crippen molar-refractivity contribution in [1.29, 1.82) is 0 Å². The van der Waals surface area contributed by atoms with Gasteiger partial charge in [-0.1, -0.05) is 0 Å². The molecule has 5 heteroatoms. The molecule has 0 fully saturated rings. The number of hydrogen-bond acceptors (Lipinski definition) is 4. The Morgan fingerprint density at radius 3 is 3.00 bits per heavy atom. The summed E-state index contributed by atoms with van der Waals surface area (Å²) in [7, 11) is 0. The van der Waals surface area contributed by atoms with Gasteiger partial charge in [0.15, 0.2) is 0 Å². The molecule has 0 aliphatic heterocycles. The maximum absolute atomic E-state index is 8.48. The molecule has 0 aliphatic carbocycles. The maximum Gasteiger partial charge on any atom is 0.111 e. The van der Waals surface area contributed by atoms with Gasteiger partial charge in [-0.3, -0.25) is 4.72 Å². The Morgan fingerprint density at radius 2 is 2.42 bits per heavy atom. The lowest BCUT2D eigenvalue weighted by molar-refractivity contribution is 0.302. The first-order valence-electron chi connectivity index (χ1n) is 3.45. The summed E-state index contributed by atoms with van der Waals surface area (Å²) in [5.41, 5.74) is 0. The number of halogens is 1. The largest absolute Gasteiger partial charge is 0.395 e. The van der Waals surface area contributed by atoms with Gasteiger partial charge in [-0.25, -0.2) is 4.98 Å². The first-order valence-corrected chi connectivity index (χ1v) is 5.06. The zero-order chi connectivity index (χ0) is 8.81. The van der Waals surface area contributed by atoms with Crippen LogP contribution in [0, 0.1) is 0 Å². The Kier molecular flexibility index (Phi) is 4.60. The molecule has 1 rings (SSSR count). The van der Waals surface area contributed by atoms with Gasteiger partial charge in [0, 0.05) is 17.2 Å². The van der Waals surface area contributed by atoms with Crippen LogP contribution in [0.3, 0.4) is 0 Å². The summed E-state index contributed by atoms with van der Waals surface area (Å²) in [5.74, 6) is 0. The molecule has 0 aromatic carbocycles. The minimum atomic E-state index is 0.142. The summed E-state index contributed by atoms with van der Waals surface area (Å²) in [6, 6.07) is 3.83. The normalized spacial score (nSPS) is 10.2. The Balaban J connectivity index is 2.37. The highest BCUT2D eigenvalue weighted by atomic mass is 79.9. The van der Waals surface area contributed by atoms with E-state index in [0.29, 0.717) is 6.54 Å². The molecule has 0 radical (unpaired) electrons. The highest BCUT2D eigenvalue weighted by molar-refractivity contribution is 9.10. The second kappa shape index (κ2) is 5.53. The molecule has 1 heterocycles.